The molecule has 2 aromatic heterocycles. The topological polar surface area (TPSA) is 86.3 Å². The third-order valence-corrected chi connectivity index (χ3v) is 6.57. The molecule has 1 amide bonds. The van der Waals surface area contributed by atoms with Gasteiger partial charge in [0.2, 0.25) is 5.91 Å². The fourth-order valence-electron chi connectivity index (χ4n) is 4.45. The van der Waals surface area contributed by atoms with Gasteiger partial charge in [-0.25, -0.2) is 9.50 Å². The van der Waals surface area contributed by atoms with E-state index in [1.807, 2.05) is 26.0 Å². The molecule has 0 atom stereocenters. The smallest absolute Gasteiger partial charge is 0.226 e. The average molecular weight is 451 g/mol. The first-order valence-corrected chi connectivity index (χ1v) is 11.3. The summed E-state index contributed by atoms with van der Waals surface area (Å²) in [5, 5.41) is 17.1. The first kappa shape index (κ1) is 22.1. The van der Waals surface area contributed by atoms with E-state index in [-0.39, 0.29) is 17.4 Å². The highest BCUT2D eigenvalue weighted by atomic mass is 35.5. The van der Waals surface area contributed by atoms with Crippen molar-refractivity contribution in [3.05, 3.63) is 47.4 Å². The number of nitrogens with one attached hydrogen (secondary N) is 1. The predicted molar refractivity (Wildman–Crippen MR) is 126 cm³/mol. The first-order chi connectivity index (χ1) is 15.4. The Morgan fingerprint density at radius 3 is 2.56 bits per heavy atom. The molecule has 0 unspecified atom stereocenters. The third-order valence-electron chi connectivity index (χ3n) is 6.39. The molecule has 3 heterocycles. The summed E-state index contributed by atoms with van der Waals surface area (Å²) in [6.45, 7) is 7.78. The molecule has 8 heteroatoms. The molecule has 1 aliphatic heterocycles. The third kappa shape index (κ3) is 4.03. The van der Waals surface area contributed by atoms with Crippen LogP contribution in [0.25, 0.3) is 16.8 Å². The summed E-state index contributed by atoms with van der Waals surface area (Å²) in [4.78, 5) is 19.6. The molecule has 7 nitrogen and oxygen atoms in total. The molecule has 1 fully saturated rings. The lowest BCUT2D eigenvalue weighted by molar-refractivity contribution is -0.133. The van der Waals surface area contributed by atoms with Crippen LogP contribution >= 0.6 is 11.6 Å². The van der Waals surface area contributed by atoms with Crippen LogP contribution in [0.3, 0.4) is 0 Å². The number of rotatable bonds is 5. The van der Waals surface area contributed by atoms with E-state index in [4.69, 9.17) is 11.6 Å². The largest absolute Gasteiger partial charge is 0.371 e. The minimum Gasteiger partial charge on any atom is -0.371 e. The SMILES string of the molecule is CCC1(C(=O)NC(C)C)CCN(c2ccc(-c3nc(Cl)cn4ncc(C#N)c34)cc2)CC1. The van der Waals surface area contributed by atoms with Gasteiger partial charge in [-0.1, -0.05) is 30.7 Å². The summed E-state index contributed by atoms with van der Waals surface area (Å²) >= 11 is 6.18. The maximum Gasteiger partial charge on any atom is 0.226 e. The molecule has 166 valence electrons. The van der Waals surface area contributed by atoms with E-state index in [1.54, 1.807) is 10.7 Å². The van der Waals surface area contributed by atoms with Crippen molar-refractivity contribution in [3.63, 3.8) is 0 Å². The van der Waals surface area contributed by atoms with Crippen molar-refractivity contribution < 1.29 is 4.79 Å². The van der Waals surface area contributed by atoms with Gasteiger partial charge in [-0.3, -0.25) is 4.79 Å². The zero-order valence-electron chi connectivity index (χ0n) is 18.6. The van der Waals surface area contributed by atoms with Gasteiger partial charge in [-0.15, -0.1) is 0 Å². The van der Waals surface area contributed by atoms with Crippen molar-refractivity contribution in [2.75, 3.05) is 18.0 Å². The number of carbonyl (C=O) groups is 1. The van der Waals surface area contributed by atoms with Crippen LogP contribution < -0.4 is 10.2 Å². The minimum absolute atomic E-state index is 0.153. The number of nitrogens with zero attached hydrogens (tertiary/aromatic N) is 5. The summed E-state index contributed by atoms with van der Waals surface area (Å²) in [6.07, 6.45) is 5.64. The molecular formula is C24H27ClN6O. The predicted octanol–water partition coefficient (Wildman–Crippen LogP) is 4.44. The monoisotopic (exact) mass is 450 g/mol. The number of piperidine rings is 1. The molecule has 0 aliphatic carbocycles. The van der Waals surface area contributed by atoms with E-state index in [1.165, 1.54) is 6.20 Å². The highest BCUT2D eigenvalue weighted by Gasteiger charge is 2.39. The van der Waals surface area contributed by atoms with E-state index in [9.17, 15) is 10.1 Å². The Morgan fingerprint density at radius 2 is 1.97 bits per heavy atom. The lowest BCUT2D eigenvalue weighted by atomic mass is 9.75. The second kappa shape index (κ2) is 8.79. The van der Waals surface area contributed by atoms with Gasteiger partial charge >= 0.3 is 0 Å². The maximum atomic E-state index is 12.8. The first-order valence-electron chi connectivity index (χ1n) is 11.0. The molecule has 0 bridgehead atoms. The van der Waals surface area contributed by atoms with Gasteiger partial charge < -0.3 is 10.2 Å². The second-order valence-corrected chi connectivity index (χ2v) is 9.06. The van der Waals surface area contributed by atoms with Crippen molar-refractivity contribution >= 4 is 28.7 Å². The van der Waals surface area contributed by atoms with E-state index in [0.29, 0.717) is 21.9 Å². The van der Waals surface area contributed by atoms with Crippen LogP contribution in [0.4, 0.5) is 5.69 Å². The van der Waals surface area contributed by atoms with Crippen LogP contribution in [0.5, 0.6) is 0 Å². The molecule has 0 spiro atoms. The molecule has 0 radical (unpaired) electrons. The number of benzene rings is 1. The molecular weight excluding hydrogens is 424 g/mol. The number of carbonyl (C=O) groups excluding carboxylic acids is 1. The van der Waals surface area contributed by atoms with Crippen molar-refractivity contribution in [3.8, 4) is 17.3 Å². The van der Waals surface area contributed by atoms with Gasteiger partial charge in [0, 0.05) is 30.4 Å². The Bertz CT molecular complexity index is 1170. The van der Waals surface area contributed by atoms with Crippen LogP contribution in [-0.4, -0.2) is 39.6 Å². The van der Waals surface area contributed by atoms with Crippen LogP contribution in [0, 0.1) is 16.7 Å². The van der Waals surface area contributed by atoms with Crippen LogP contribution in [0.1, 0.15) is 45.6 Å². The molecule has 3 aromatic rings. The zero-order valence-corrected chi connectivity index (χ0v) is 19.4. The van der Waals surface area contributed by atoms with Gasteiger partial charge in [-0.2, -0.15) is 10.4 Å². The highest BCUT2D eigenvalue weighted by molar-refractivity contribution is 6.29. The average Bonchev–Trinajstić information content (AvgIpc) is 3.21. The molecule has 1 aromatic carbocycles. The second-order valence-electron chi connectivity index (χ2n) is 8.67. The van der Waals surface area contributed by atoms with E-state index < -0.39 is 0 Å². The van der Waals surface area contributed by atoms with Crippen molar-refractivity contribution in [1.82, 2.24) is 19.9 Å². The van der Waals surface area contributed by atoms with Crippen molar-refractivity contribution in [1.29, 1.82) is 5.26 Å². The molecule has 4 rings (SSSR count). The summed E-state index contributed by atoms with van der Waals surface area (Å²) in [7, 11) is 0. The van der Waals surface area contributed by atoms with Gasteiger partial charge in [-0.05, 0) is 45.2 Å². The number of fused-ring (bicyclic) bond motifs is 1. The fourth-order valence-corrected chi connectivity index (χ4v) is 4.63. The Morgan fingerprint density at radius 1 is 1.28 bits per heavy atom. The number of amides is 1. The zero-order chi connectivity index (χ0) is 22.9. The Labute approximate surface area is 193 Å². The number of hydrogen-bond donors (Lipinski definition) is 1. The number of anilines is 1. The van der Waals surface area contributed by atoms with Crippen LogP contribution in [0.15, 0.2) is 36.7 Å². The van der Waals surface area contributed by atoms with Gasteiger partial charge in [0.25, 0.3) is 0 Å². The number of aromatic nitrogens is 3. The quantitative estimate of drug-likeness (QED) is 0.620. The summed E-state index contributed by atoms with van der Waals surface area (Å²) < 4.78 is 1.59. The molecule has 1 N–H and O–H groups in total. The fraction of sp³-hybridized carbons (Fsp3) is 0.417. The standard InChI is InChI=1S/C24H27ClN6O/c1-4-24(23(32)28-16(2)3)9-11-30(12-10-24)19-7-5-17(6-8-19)21-22-18(13-26)14-27-31(22)15-20(25)29-21/h5-8,14-16H,4,9-12H2,1-3H3,(H,28,32). The lowest BCUT2D eigenvalue weighted by Crippen LogP contribution is -2.50. The van der Waals surface area contributed by atoms with Crippen molar-refractivity contribution in [2.24, 2.45) is 5.41 Å². The highest BCUT2D eigenvalue weighted by Crippen LogP contribution is 2.37. The summed E-state index contributed by atoms with van der Waals surface area (Å²) in [5.41, 5.74) is 3.43. The molecule has 32 heavy (non-hydrogen) atoms. The van der Waals surface area contributed by atoms with Gasteiger partial charge in [0.15, 0.2) is 0 Å². The van der Waals surface area contributed by atoms with Crippen LogP contribution in [-0.2, 0) is 4.79 Å². The Balaban J connectivity index is 1.55. The van der Waals surface area contributed by atoms with Crippen molar-refractivity contribution in [2.45, 2.75) is 46.1 Å². The number of nitriles is 1. The number of halogens is 1. The van der Waals surface area contributed by atoms with E-state index >= 15 is 0 Å². The summed E-state index contributed by atoms with van der Waals surface area (Å²) in [5.74, 6) is 0.176. The molecule has 0 saturated carbocycles. The molecule has 1 aliphatic rings. The lowest BCUT2D eigenvalue weighted by Gasteiger charge is -2.41. The van der Waals surface area contributed by atoms with Gasteiger partial charge in [0.05, 0.1) is 23.5 Å². The van der Waals surface area contributed by atoms with Crippen LogP contribution in [0.2, 0.25) is 5.15 Å². The summed E-state index contributed by atoms with van der Waals surface area (Å²) in [6, 6.07) is 10.4. The number of hydrogen-bond acceptors (Lipinski definition) is 5. The molecule has 1 saturated heterocycles. The van der Waals surface area contributed by atoms with E-state index in [0.717, 1.165) is 43.6 Å². The normalized spacial score (nSPS) is 15.7. The minimum atomic E-state index is -0.285. The van der Waals surface area contributed by atoms with E-state index in [2.05, 4.69) is 45.4 Å². The maximum absolute atomic E-state index is 12.8. The Hall–Kier alpha value is -3.11. The van der Waals surface area contributed by atoms with Gasteiger partial charge in [0.1, 0.15) is 22.3 Å². The Kier molecular flexibility index (Phi) is 6.07.